The van der Waals surface area contributed by atoms with E-state index in [9.17, 15) is 4.39 Å². The number of fused-ring (bicyclic) bond motifs is 1. The number of nitrogens with one attached hydrogen (secondary N) is 1. The number of thioether (sulfide) groups is 1. The highest BCUT2D eigenvalue weighted by Crippen LogP contribution is 2.24. The Morgan fingerprint density at radius 1 is 1.28 bits per heavy atom. The maximum Gasteiger partial charge on any atom is 0.143 e. The number of nitrogens with zero attached hydrogens (tertiary/aromatic N) is 3. The summed E-state index contributed by atoms with van der Waals surface area (Å²) in [6.45, 7) is 1.32. The van der Waals surface area contributed by atoms with Crippen LogP contribution in [0.1, 0.15) is 12.8 Å². The van der Waals surface area contributed by atoms with Gasteiger partial charge in [-0.15, -0.1) is 11.8 Å². The van der Waals surface area contributed by atoms with Gasteiger partial charge in [0, 0.05) is 11.3 Å². The van der Waals surface area contributed by atoms with Gasteiger partial charge in [-0.05, 0) is 35.6 Å². The lowest BCUT2D eigenvalue weighted by Crippen LogP contribution is -2.51. The fraction of sp³-hybridized carbons (Fsp3) is 0.263. The fourth-order valence-electron chi connectivity index (χ4n) is 2.97. The van der Waals surface area contributed by atoms with Crippen LogP contribution in [0.4, 0.5) is 4.39 Å². The molecule has 3 aliphatic heterocycles. The van der Waals surface area contributed by atoms with Crippen LogP contribution in [0.25, 0.3) is 0 Å². The first-order valence-electron chi connectivity index (χ1n) is 8.36. The summed E-state index contributed by atoms with van der Waals surface area (Å²) in [5.74, 6) is 1.59. The minimum absolute atomic E-state index is 0.0507. The van der Waals surface area contributed by atoms with E-state index in [1.807, 2.05) is 35.4 Å². The third-order valence-corrected chi connectivity index (χ3v) is 5.20. The van der Waals surface area contributed by atoms with E-state index in [0.717, 1.165) is 23.7 Å². The maximum absolute atomic E-state index is 13.4. The molecule has 0 saturated carbocycles. The van der Waals surface area contributed by atoms with Gasteiger partial charge in [0.05, 0.1) is 19.1 Å². The first-order chi connectivity index (χ1) is 12.3. The quantitative estimate of drug-likeness (QED) is 0.838. The summed E-state index contributed by atoms with van der Waals surface area (Å²) in [5, 5.41) is 4.13. The van der Waals surface area contributed by atoms with Gasteiger partial charge in [-0.25, -0.2) is 4.39 Å². The van der Waals surface area contributed by atoms with Crippen molar-refractivity contribution >= 4 is 23.4 Å². The Morgan fingerprint density at radius 3 is 3.12 bits per heavy atom. The summed E-state index contributed by atoms with van der Waals surface area (Å²) in [6.07, 6.45) is 16.8. The molecule has 25 heavy (non-hydrogen) atoms. The summed E-state index contributed by atoms with van der Waals surface area (Å²) >= 11 is 1.72. The van der Waals surface area contributed by atoms with Crippen LogP contribution in [0.5, 0.6) is 0 Å². The SMILES string of the molecule is FC1=CC=C(C2CN=C3C=CC(=NCC4=CCC=CS4)NN32)C=CC1. The zero-order valence-electron chi connectivity index (χ0n) is 13.7. The van der Waals surface area contributed by atoms with Crippen molar-refractivity contribution in [3.05, 3.63) is 70.3 Å². The molecule has 1 N–H and O–H groups in total. The van der Waals surface area contributed by atoms with E-state index in [0.29, 0.717) is 19.5 Å². The van der Waals surface area contributed by atoms with E-state index in [2.05, 4.69) is 33.0 Å². The van der Waals surface area contributed by atoms with Crippen molar-refractivity contribution < 1.29 is 4.39 Å². The van der Waals surface area contributed by atoms with Gasteiger partial charge < -0.3 is 0 Å². The fourth-order valence-corrected chi connectivity index (χ4v) is 3.68. The van der Waals surface area contributed by atoms with Gasteiger partial charge >= 0.3 is 0 Å². The minimum Gasteiger partial charge on any atom is -0.280 e. The highest BCUT2D eigenvalue weighted by atomic mass is 32.2. The summed E-state index contributed by atoms with van der Waals surface area (Å²) < 4.78 is 13.4. The Morgan fingerprint density at radius 2 is 2.24 bits per heavy atom. The average molecular weight is 354 g/mol. The molecule has 0 fully saturated rings. The van der Waals surface area contributed by atoms with Crippen LogP contribution in [0.2, 0.25) is 0 Å². The summed E-state index contributed by atoms with van der Waals surface area (Å²) in [5.41, 5.74) is 4.40. The third-order valence-electron chi connectivity index (χ3n) is 4.28. The predicted molar refractivity (Wildman–Crippen MR) is 103 cm³/mol. The minimum atomic E-state index is -0.119. The molecule has 0 aromatic heterocycles. The van der Waals surface area contributed by atoms with Crippen LogP contribution in [-0.2, 0) is 0 Å². The van der Waals surface area contributed by atoms with Gasteiger partial charge in [0.1, 0.15) is 17.5 Å². The number of aliphatic imine (C=N–C) groups is 2. The van der Waals surface area contributed by atoms with Crippen molar-refractivity contribution in [2.75, 3.05) is 13.1 Å². The largest absolute Gasteiger partial charge is 0.280 e. The van der Waals surface area contributed by atoms with Crippen LogP contribution < -0.4 is 5.43 Å². The van der Waals surface area contributed by atoms with Gasteiger partial charge in [0.25, 0.3) is 0 Å². The zero-order chi connectivity index (χ0) is 17.1. The maximum atomic E-state index is 13.4. The van der Waals surface area contributed by atoms with E-state index in [1.165, 1.54) is 4.91 Å². The predicted octanol–water partition coefficient (Wildman–Crippen LogP) is 3.82. The molecule has 0 saturated heterocycles. The lowest BCUT2D eigenvalue weighted by molar-refractivity contribution is 0.342. The Bertz CT molecular complexity index is 798. The molecule has 0 radical (unpaired) electrons. The van der Waals surface area contributed by atoms with Crippen LogP contribution in [-0.4, -0.2) is 35.8 Å². The molecule has 1 atom stereocenters. The third kappa shape index (κ3) is 3.69. The monoisotopic (exact) mass is 354 g/mol. The van der Waals surface area contributed by atoms with Crippen molar-refractivity contribution in [2.24, 2.45) is 9.98 Å². The number of rotatable bonds is 3. The van der Waals surface area contributed by atoms with Gasteiger partial charge in [-0.1, -0.05) is 30.4 Å². The molecule has 0 amide bonds. The van der Waals surface area contributed by atoms with Gasteiger partial charge in [0.15, 0.2) is 0 Å². The first kappa shape index (κ1) is 16.1. The Labute approximate surface area is 151 Å². The molecule has 4 rings (SSSR count). The average Bonchev–Trinajstić information content (AvgIpc) is 2.95. The molecule has 0 aromatic rings. The normalized spacial score (nSPS) is 26.5. The van der Waals surface area contributed by atoms with Crippen LogP contribution in [0, 0.1) is 0 Å². The van der Waals surface area contributed by atoms with E-state index in [4.69, 9.17) is 0 Å². The Balaban J connectivity index is 1.48. The van der Waals surface area contributed by atoms with Crippen molar-refractivity contribution in [3.63, 3.8) is 0 Å². The smallest absolute Gasteiger partial charge is 0.143 e. The highest BCUT2D eigenvalue weighted by Gasteiger charge is 2.31. The highest BCUT2D eigenvalue weighted by molar-refractivity contribution is 8.05. The molecule has 4 aliphatic rings. The molecule has 0 aromatic carbocycles. The van der Waals surface area contributed by atoms with Crippen LogP contribution in [0.3, 0.4) is 0 Å². The number of hydrogen-bond acceptors (Lipinski definition) is 4. The summed E-state index contributed by atoms with van der Waals surface area (Å²) in [7, 11) is 0. The van der Waals surface area contributed by atoms with Crippen LogP contribution >= 0.6 is 11.8 Å². The van der Waals surface area contributed by atoms with Gasteiger partial charge in [0.2, 0.25) is 0 Å². The Kier molecular flexibility index (Phi) is 4.70. The van der Waals surface area contributed by atoms with Gasteiger partial charge in [-0.3, -0.25) is 20.4 Å². The molecule has 6 heteroatoms. The van der Waals surface area contributed by atoms with E-state index in [-0.39, 0.29) is 11.9 Å². The molecule has 128 valence electrons. The van der Waals surface area contributed by atoms with E-state index < -0.39 is 0 Å². The zero-order valence-corrected chi connectivity index (χ0v) is 14.5. The molecule has 3 heterocycles. The van der Waals surface area contributed by atoms with E-state index >= 15 is 0 Å². The summed E-state index contributed by atoms with van der Waals surface area (Å²) in [4.78, 5) is 10.5. The topological polar surface area (TPSA) is 40.0 Å². The molecule has 1 unspecified atom stereocenters. The van der Waals surface area contributed by atoms with Crippen molar-refractivity contribution in [3.8, 4) is 0 Å². The number of allylic oxidation sites excluding steroid dienone is 6. The first-order valence-corrected chi connectivity index (χ1v) is 9.24. The number of amidine groups is 2. The molecule has 4 nitrogen and oxygen atoms in total. The lowest BCUT2D eigenvalue weighted by Gasteiger charge is -2.31. The van der Waals surface area contributed by atoms with Crippen molar-refractivity contribution in [2.45, 2.75) is 18.9 Å². The van der Waals surface area contributed by atoms with E-state index in [1.54, 1.807) is 17.8 Å². The molecule has 1 aliphatic carbocycles. The molecular formula is C19H19FN4S. The summed E-state index contributed by atoms with van der Waals surface area (Å²) in [6, 6.07) is 0.0507. The second-order valence-electron chi connectivity index (χ2n) is 6.01. The van der Waals surface area contributed by atoms with Crippen LogP contribution in [0.15, 0.2) is 80.3 Å². The standard InChI is InChI=1S/C19H19FN4S/c20-15-5-3-4-14(7-8-15)17-13-22-19-10-9-18(23-24(17)19)21-12-16-6-1-2-11-25-16/h2-4,6-11,17H,1,5,12-13H2,(H,21,23). The lowest BCUT2D eigenvalue weighted by atomic mass is 10.1. The second kappa shape index (κ2) is 7.27. The molecular weight excluding hydrogens is 335 g/mol. The number of halogens is 1. The number of hydrogen-bond donors (Lipinski definition) is 1. The van der Waals surface area contributed by atoms with Gasteiger partial charge in [-0.2, -0.15) is 0 Å². The Hall–Kier alpha value is -2.34. The molecule has 0 spiro atoms. The molecule has 0 bridgehead atoms. The van der Waals surface area contributed by atoms with Crippen molar-refractivity contribution in [1.29, 1.82) is 0 Å². The van der Waals surface area contributed by atoms with Crippen molar-refractivity contribution in [1.82, 2.24) is 10.4 Å². The second-order valence-corrected chi connectivity index (χ2v) is 7.05. The number of hydrazine groups is 1.